The van der Waals surface area contributed by atoms with E-state index in [4.69, 9.17) is 21.1 Å². The number of rotatable bonds is 10. The molecule has 0 aliphatic carbocycles. The Labute approximate surface area is 207 Å². The van der Waals surface area contributed by atoms with E-state index < -0.39 is 11.7 Å². The van der Waals surface area contributed by atoms with Crippen molar-refractivity contribution >= 4 is 23.3 Å². The van der Waals surface area contributed by atoms with Crippen LogP contribution >= 0.6 is 11.6 Å². The molecule has 11 heteroatoms. The zero-order chi connectivity index (χ0) is 25.4. The summed E-state index contributed by atoms with van der Waals surface area (Å²) in [5.41, 5.74) is -0.384. The smallest absolute Gasteiger partial charge is 0.417 e. The van der Waals surface area contributed by atoms with Crippen LogP contribution in [0, 0.1) is 0 Å². The van der Waals surface area contributed by atoms with E-state index in [1.807, 2.05) is 6.07 Å². The fourth-order valence-corrected chi connectivity index (χ4v) is 4.29. The van der Waals surface area contributed by atoms with Gasteiger partial charge in [-0.15, -0.1) is 0 Å². The van der Waals surface area contributed by atoms with Crippen molar-refractivity contribution in [1.29, 1.82) is 0 Å². The largest absolute Gasteiger partial charge is 0.496 e. The molecule has 3 rings (SSSR count). The van der Waals surface area contributed by atoms with Crippen LogP contribution in [0.5, 0.6) is 5.75 Å². The van der Waals surface area contributed by atoms with Crippen molar-refractivity contribution in [3.8, 4) is 5.75 Å². The maximum atomic E-state index is 12.8. The van der Waals surface area contributed by atoms with Crippen molar-refractivity contribution in [2.75, 3.05) is 45.7 Å². The molecule has 2 heterocycles. The number of carbonyl (C=O) groups excluding carboxylic acids is 1. The van der Waals surface area contributed by atoms with Crippen LogP contribution in [0.1, 0.15) is 35.2 Å². The Balaban J connectivity index is 1.41. The number of nitrogens with one attached hydrogen (secondary N) is 2. The fraction of sp³-hybridized carbons (Fsp3) is 0.500. The molecule has 1 aromatic heterocycles. The van der Waals surface area contributed by atoms with Crippen molar-refractivity contribution in [3.05, 3.63) is 52.7 Å². The van der Waals surface area contributed by atoms with E-state index in [-0.39, 0.29) is 28.9 Å². The van der Waals surface area contributed by atoms with Crippen LogP contribution < -0.4 is 15.4 Å². The lowest BCUT2D eigenvalue weighted by atomic mass is 10.0. The van der Waals surface area contributed by atoms with Crippen LogP contribution in [-0.4, -0.2) is 68.3 Å². The molecule has 1 aromatic carbocycles. The number of piperidine rings is 1. The Hall–Kier alpha value is -2.56. The summed E-state index contributed by atoms with van der Waals surface area (Å²) in [4.78, 5) is 18.8. The molecule has 192 valence electrons. The highest BCUT2D eigenvalue weighted by Gasteiger charge is 2.32. The molecular weight excluding hydrogens is 485 g/mol. The summed E-state index contributed by atoms with van der Waals surface area (Å²) in [6.45, 7) is 2.88. The number of alkyl halides is 3. The average Bonchev–Trinajstić information content (AvgIpc) is 2.84. The molecule has 35 heavy (non-hydrogen) atoms. The summed E-state index contributed by atoms with van der Waals surface area (Å²) in [7, 11) is 3.17. The van der Waals surface area contributed by atoms with Crippen LogP contribution in [0.15, 0.2) is 36.5 Å². The first-order valence-electron chi connectivity index (χ1n) is 11.4. The standard InChI is InChI=1S/C24H30ClF3N4O3/c1-34-20-8-4-3-7-17(20)23(33)31-19-9-12-32(15-21(19)35-2)11-6-5-10-29-22-18(25)13-16(14-30-22)24(26,27)28/h3-4,7-8,13-14,19,21H,5-6,9-12,15H2,1-2H3,(H,29,30)(H,31,33). The number of pyridine rings is 1. The number of anilines is 1. The molecule has 0 bridgehead atoms. The quantitative estimate of drug-likeness (QED) is 0.456. The van der Waals surface area contributed by atoms with Crippen molar-refractivity contribution in [1.82, 2.24) is 15.2 Å². The summed E-state index contributed by atoms with van der Waals surface area (Å²) in [6.07, 6.45) is -1.42. The first kappa shape index (κ1) is 27.0. The second kappa shape index (κ2) is 12.4. The van der Waals surface area contributed by atoms with Crippen molar-refractivity contribution in [2.45, 2.75) is 37.6 Å². The number of para-hydroxylation sites is 1. The monoisotopic (exact) mass is 514 g/mol. The predicted octanol–water partition coefficient (Wildman–Crippen LogP) is 4.47. The van der Waals surface area contributed by atoms with Crippen LogP contribution in [0.3, 0.4) is 0 Å². The van der Waals surface area contributed by atoms with Crippen LogP contribution in [-0.2, 0) is 10.9 Å². The number of likely N-dealkylation sites (tertiary alicyclic amines) is 1. The number of unbranched alkanes of at least 4 members (excludes halogenated alkanes) is 1. The zero-order valence-corrected chi connectivity index (χ0v) is 20.5. The number of carbonyl (C=O) groups is 1. The number of halogens is 4. The van der Waals surface area contributed by atoms with Crippen LogP contribution in [0.2, 0.25) is 5.02 Å². The van der Waals surface area contributed by atoms with Gasteiger partial charge in [0, 0.05) is 32.9 Å². The zero-order valence-electron chi connectivity index (χ0n) is 19.7. The van der Waals surface area contributed by atoms with E-state index in [2.05, 4.69) is 20.5 Å². The molecule has 0 saturated carbocycles. The van der Waals surface area contributed by atoms with Gasteiger partial charge < -0.3 is 25.0 Å². The topological polar surface area (TPSA) is 75.7 Å². The molecular formula is C24H30ClF3N4O3. The predicted molar refractivity (Wildman–Crippen MR) is 128 cm³/mol. The third-order valence-electron chi connectivity index (χ3n) is 5.98. The molecule has 0 radical (unpaired) electrons. The van der Waals surface area contributed by atoms with E-state index in [0.717, 1.165) is 44.6 Å². The minimum Gasteiger partial charge on any atom is -0.496 e. The lowest BCUT2D eigenvalue weighted by Gasteiger charge is -2.38. The van der Waals surface area contributed by atoms with Gasteiger partial charge in [-0.25, -0.2) is 4.98 Å². The molecule has 1 fully saturated rings. The Morgan fingerprint density at radius 1 is 1.26 bits per heavy atom. The summed E-state index contributed by atoms with van der Waals surface area (Å²) >= 11 is 5.92. The first-order valence-corrected chi connectivity index (χ1v) is 11.8. The van der Waals surface area contributed by atoms with Gasteiger partial charge in [0.05, 0.1) is 35.4 Å². The minimum absolute atomic E-state index is 0.0556. The summed E-state index contributed by atoms with van der Waals surface area (Å²) in [5.74, 6) is 0.577. The number of hydrogen-bond donors (Lipinski definition) is 2. The molecule has 1 aliphatic rings. The van der Waals surface area contributed by atoms with Gasteiger partial charge in [-0.05, 0) is 44.0 Å². The number of amides is 1. The highest BCUT2D eigenvalue weighted by Crippen LogP contribution is 2.32. The Morgan fingerprint density at radius 3 is 2.71 bits per heavy atom. The van der Waals surface area contributed by atoms with Crippen LogP contribution in [0.4, 0.5) is 19.0 Å². The molecule has 2 aromatic rings. The average molecular weight is 515 g/mol. The maximum absolute atomic E-state index is 12.8. The lowest BCUT2D eigenvalue weighted by molar-refractivity contribution is -0.137. The van der Waals surface area contributed by atoms with Gasteiger partial charge in [0.15, 0.2) is 0 Å². The highest BCUT2D eigenvalue weighted by atomic mass is 35.5. The third-order valence-corrected chi connectivity index (χ3v) is 6.26. The van der Waals surface area contributed by atoms with Crippen molar-refractivity contribution in [2.24, 2.45) is 0 Å². The van der Waals surface area contributed by atoms with Gasteiger partial charge in [-0.3, -0.25) is 4.79 Å². The van der Waals surface area contributed by atoms with Gasteiger partial charge in [0.25, 0.3) is 5.91 Å². The maximum Gasteiger partial charge on any atom is 0.417 e. The Kier molecular flexibility index (Phi) is 9.59. The SMILES string of the molecule is COc1ccccc1C(=O)NC1CCN(CCCCNc2ncc(C(F)(F)F)cc2Cl)CC1OC. The lowest BCUT2D eigenvalue weighted by Crippen LogP contribution is -2.54. The van der Waals surface area contributed by atoms with Gasteiger partial charge in [0.1, 0.15) is 11.6 Å². The van der Waals surface area contributed by atoms with Crippen molar-refractivity contribution in [3.63, 3.8) is 0 Å². The van der Waals surface area contributed by atoms with E-state index in [9.17, 15) is 18.0 Å². The number of ether oxygens (including phenoxy) is 2. The van der Waals surface area contributed by atoms with Gasteiger partial charge in [-0.2, -0.15) is 13.2 Å². The molecule has 2 atom stereocenters. The Morgan fingerprint density at radius 2 is 2.03 bits per heavy atom. The number of hydrogen-bond acceptors (Lipinski definition) is 6. The third kappa shape index (κ3) is 7.46. The number of methoxy groups -OCH3 is 2. The van der Waals surface area contributed by atoms with E-state index in [1.54, 1.807) is 25.3 Å². The highest BCUT2D eigenvalue weighted by molar-refractivity contribution is 6.32. The summed E-state index contributed by atoms with van der Waals surface area (Å²) in [5, 5.41) is 6.01. The molecule has 2 N–H and O–H groups in total. The summed E-state index contributed by atoms with van der Waals surface area (Å²) in [6, 6.07) is 7.86. The first-order chi connectivity index (χ1) is 16.7. The van der Waals surface area contributed by atoms with E-state index in [1.165, 1.54) is 7.11 Å². The molecule has 1 saturated heterocycles. The van der Waals surface area contributed by atoms with E-state index >= 15 is 0 Å². The molecule has 1 aliphatic heterocycles. The van der Waals surface area contributed by atoms with Gasteiger partial charge in [-0.1, -0.05) is 23.7 Å². The molecule has 1 amide bonds. The second-order valence-corrected chi connectivity index (χ2v) is 8.74. The fourth-order valence-electron chi connectivity index (χ4n) is 4.06. The van der Waals surface area contributed by atoms with Gasteiger partial charge >= 0.3 is 6.18 Å². The van der Waals surface area contributed by atoms with E-state index in [0.29, 0.717) is 24.4 Å². The molecule has 0 spiro atoms. The number of benzene rings is 1. The number of aromatic nitrogens is 1. The Bertz CT molecular complexity index is 993. The molecule has 2 unspecified atom stereocenters. The summed E-state index contributed by atoms with van der Waals surface area (Å²) < 4.78 is 49.1. The second-order valence-electron chi connectivity index (χ2n) is 8.33. The minimum atomic E-state index is -4.47. The van der Waals surface area contributed by atoms with Crippen LogP contribution in [0.25, 0.3) is 0 Å². The van der Waals surface area contributed by atoms with Crippen molar-refractivity contribution < 1.29 is 27.4 Å². The number of nitrogens with zero attached hydrogens (tertiary/aromatic N) is 2. The normalized spacial score (nSPS) is 18.8. The van der Waals surface area contributed by atoms with Gasteiger partial charge in [0.2, 0.25) is 0 Å². The molecule has 7 nitrogen and oxygen atoms in total.